The SMILES string of the molecule is [2H]c1c([2H])c([2H])c(N(c2ccc(Oc3ccccc3)cc2)c2ccc(-c3cccc4c3sc3c(-c5ccccc5)c5ccccc5n34)cc2)c([2H])c1[2H]. The van der Waals surface area contributed by atoms with Crippen LogP contribution in [0.3, 0.4) is 0 Å². The zero-order valence-electron chi connectivity index (χ0n) is 30.6. The summed E-state index contributed by atoms with van der Waals surface area (Å²) in [6.07, 6.45) is 0. The standard InChI is InChI=1S/C44H30N2OS/c1-4-13-32(14-5-1)42-39-19-10-11-21-40(39)46-41-22-12-20-38(43(41)48-44(42)46)31-23-25-34(26-24-31)45(33-15-6-2-7-16-33)35-27-29-37(30-28-35)47-36-17-8-3-9-18-36/h1-30H/i2D,6D,7D,15D,16D. The second-order valence-corrected chi connectivity index (χ2v) is 12.4. The Hall–Kier alpha value is -6.10. The Bertz CT molecular complexity index is 2770. The third kappa shape index (κ3) is 4.91. The maximum Gasteiger partial charge on any atom is 0.127 e. The van der Waals surface area contributed by atoms with Gasteiger partial charge in [0.15, 0.2) is 0 Å². The number of aromatic nitrogens is 1. The lowest BCUT2D eigenvalue weighted by Gasteiger charge is -2.26. The lowest BCUT2D eigenvalue weighted by molar-refractivity contribution is 0.483. The van der Waals surface area contributed by atoms with E-state index in [2.05, 4.69) is 71.1 Å². The molecule has 0 unspecified atom stereocenters. The number of hydrogen-bond donors (Lipinski definition) is 0. The molecular formula is C44H30N2OS. The number of hydrogen-bond acceptors (Lipinski definition) is 3. The van der Waals surface area contributed by atoms with Crippen LogP contribution >= 0.6 is 11.3 Å². The number of para-hydroxylation sites is 3. The van der Waals surface area contributed by atoms with Crippen LogP contribution in [0.5, 0.6) is 11.5 Å². The predicted octanol–water partition coefficient (Wildman–Crippen LogP) is 12.9. The highest BCUT2D eigenvalue weighted by molar-refractivity contribution is 7.25. The summed E-state index contributed by atoms with van der Waals surface area (Å²) < 4.78 is 52.3. The van der Waals surface area contributed by atoms with Gasteiger partial charge in [-0.15, -0.1) is 11.3 Å². The van der Waals surface area contributed by atoms with Crippen LogP contribution in [0.2, 0.25) is 0 Å². The van der Waals surface area contributed by atoms with E-state index in [0.29, 0.717) is 22.9 Å². The van der Waals surface area contributed by atoms with E-state index in [0.717, 1.165) is 26.9 Å². The first-order valence-corrected chi connectivity index (χ1v) is 16.5. The van der Waals surface area contributed by atoms with Crippen molar-refractivity contribution >= 4 is 54.3 Å². The van der Waals surface area contributed by atoms with Gasteiger partial charge >= 0.3 is 0 Å². The van der Waals surface area contributed by atoms with Crippen LogP contribution in [-0.2, 0) is 0 Å². The first-order chi connectivity index (χ1) is 25.9. The average molecular weight is 640 g/mol. The molecule has 0 spiro atoms. The fourth-order valence-electron chi connectivity index (χ4n) is 6.41. The van der Waals surface area contributed by atoms with E-state index in [-0.39, 0.29) is 17.8 Å². The summed E-state index contributed by atoms with van der Waals surface area (Å²) in [5, 5.41) is 1.22. The Morgan fingerprint density at radius 2 is 1.15 bits per heavy atom. The summed E-state index contributed by atoms with van der Waals surface area (Å²) in [6, 6.07) is 48.4. The Balaban J connectivity index is 1.17. The van der Waals surface area contributed by atoms with E-state index in [1.807, 2.05) is 84.9 Å². The van der Waals surface area contributed by atoms with Crippen molar-refractivity contribution < 1.29 is 11.6 Å². The van der Waals surface area contributed by atoms with Gasteiger partial charge in [0.25, 0.3) is 0 Å². The number of fused-ring (bicyclic) bond motifs is 5. The lowest BCUT2D eigenvalue weighted by Crippen LogP contribution is -2.09. The monoisotopic (exact) mass is 639 g/mol. The number of rotatable bonds is 7. The normalized spacial score (nSPS) is 12.8. The molecule has 9 aromatic rings. The zero-order valence-corrected chi connectivity index (χ0v) is 26.5. The Morgan fingerprint density at radius 3 is 1.90 bits per heavy atom. The fourth-order valence-corrected chi connectivity index (χ4v) is 7.78. The van der Waals surface area contributed by atoms with Gasteiger partial charge in [0.2, 0.25) is 0 Å². The van der Waals surface area contributed by atoms with Gasteiger partial charge in [0, 0.05) is 33.6 Å². The summed E-state index contributed by atoms with van der Waals surface area (Å²) in [5.41, 5.74) is 8.11. The van der Waals surface area contributed by atoms with E-state index in [1.165, 1.54) is 21.3 Å². The van der Waals surface area contributed by atoms with Gasteiger partial charge in [-0.3, -0.25) is 4.40 Å². The number of nitrogens with zero attached hydrogens (tertiary/aromatic N) is 2. The Kier molecular flexibility index (Phi) is 5.78. The maximum atomic E-state index is 8.86. The highest BCUT2D eigenvalue weighted by Crippen LogP contribution is 2.45. The molecule has 0 aliphatic carbocycles. The van der Waals surface area contributed by atoms with Crippen LogP contribution in [0.15, 0.2) is 182 Å². The Morgan fingerprint density at radius 1 is 0.521 bits per heavy atom. The molecule has 0 radical (unpaired) electrons. The molecule has 2 heterocycles. The Labute approximate surface area is 290 Å². The van der Waals surface area contributed by atoms with Gasteiger partial charge < -0.3 is 9.64 Å². The van der Waals surface area contributed by atoms with E-state index in [4.69, 9.17) is 11.6 Å². The van der Waals surface area contributed by atoms with Gasteiger partial charge in [-0.1, -0.05) is 109 Å². The van der Waals surface area contributed by atoms with Crippen LogP contribution in [0, 0.1) is 0 Å². The van der Waals surface area contributed by atoms with Crippen LogP contribution in [0.1, 0.15) is 6.85 Å². The summed E-state index contributed by atoms with van der Waals surface area (Å²) in [5.74, 6) is 1.31. The van der Waals surface area contributed by atoms with Crippen LogP contribution in [0.4, 0.5) is 17.1 Å². The topological polar surface area (TPSA) is 16.9 Å². The minimum Gasteiger partial charge on any atom is -0.457 e. The summed E-state index contributed by atoms with van der Waals surface area (Å²) in [6.45, 7) is 0. The maximum absolute atomic E-state index is 8.86. The molecule has 0 aliphatic heterocycles. The first kappa shape index (κ1) is 23.3. The van der Waals surface area contributed by atoms with Gasteiger partial charge in [-0.2, -0.15) is 0 Å². The summed E-state index contributed by atoms with van der Waals surface area (Å²) in [4.78, 5) is 2.90. The van der Waals surface area contributed by atoms with Crippen LogP contribution in [0.25, 0.3) is 48.2 Å². The lowest BCUT2D eigenvalue weighted by atomic mass is 10.0. The second-order valence-electron chi connectivity index (χ2n) is 11.4. The number of anilines is 3. The van der Waals surface area contributed by atoms with Crippen LogP contribution < -0.4 is 9.64 Å². The quantitative estimate of drug-likeness (QED) is 0.173. The average Bonchev–Trinajstić information content (AvgIpc) is 3.74. The molecule has 7 aromatic carbocycles. The van der Waals surface area contributed by atoms with Gasteiger partial charge in [-0.05, 0) is 83.9 Å². The summed E-state index contributed by atoms with van der Waals surface area (Å²) in [7, 11) is 0. The molecule has 0 saturated carbocycles. The molecule has 4 heteroatoms. The molecule has 0 atom stereocenters. The smallest absolute Gasteiger partial charge is 0.127 e. The van der Waals surface area contributed by atoms with Crippen molar-refractivity contribution in [3.8, 4) is 33.8 Å². The predicted molar refractivity (Wildman–Crippen MR) is 202 cm³/mol. The van der Waals surface area contributed by atoms with E-state index >= 15 is 0 Å². The highest BCUT2D eigenvalue weighted by Gasteiger charge is 2.20. The van der Waals surface area contributed by atoms with E-state index in [9.17, 15) is 0 Å². The van der Waals surface area contributed by atoms with Crippen molar-refractivity contribution in [3.63, 3.8) is 0 Å². The third-order valence-corrected chi connectivity index (χ3v) is 9.76. The molecule has 0 saturated heterocycles. The van der Waals surface area contributed by atoms with Gasteiger partial charge in [-0.25, -0.2) is 0 Å². The van der Waals surface area contributed by atoms with Crippen LogP contribution in [-0.4, -0.2) is 4.40 Å². The number of thiazole rings is 1. The fraction of sp³-hybridized carbons (Fsp3) is 0. The van der Waals surface area contributed by atoms with Crippen molar-refractivity contribution in [2.45, 2.75) is 0 Å². The molecule has 2 aromatic heterocycles. The number of ether oxygens (including phenoxy) is 1. The summed E-state index contributed by atoms with van der Waals surface area (Å²) >= 11 is 1.78. The van der Waals surface area contributed by atoms with Crippen molar-refractivity contribution in [1.29, 1.82) is 0 Å². The first-order valence-electron chi connectivity index (χ1n) is 18.2. The minimum absolute atomic E-state index is 0.0660. The second kappa shape index (κ2) is 11.9. The van der Waals surface area contributed by atoms with Crippen molar-refractivity contribution in [1.82, 2.24) is 4.40 Å². The number of benzene rings is 7. The molecule has 48 heavy (non-hydrogen) atoms. The highest BCUT2D eigenvalue weighted by atomic mass is 32.1. The molecule has 228 valence electrons. The third-order valence-electron chi connectivity index (χ3n) is 8.55. The molecular weight excluding hydrogens is 605 g/mol. The van der Waals surface area contributed by atoms with Gasteiger partial charge in [0.05, 0.1) is 22.6 Å². The minimum atomic E-state index is -0.435. The van der Waals surface area contributed by atoms with E-state index < -0.39 is 18.1 Å². The molecule has 0 amide bonds. The molecule has 0 bridgehead atoms. The van der Waals surface area contributed by atoms with Crippen molar-refractivity contribution in [2.75, 3.05) is 4.90 Å². The largest absolute Gasteiger partial charge is 0.457 e. The van der Waals surface area contributed by atoms with E-state index in [1.54, 1.807) is 16.2 Å². The molecule has 0 N–H and O–H groups in total. The zero-order chi connectivity index (χ0) is 36.2. The molecule has 0 aliphatic rings. The van der Waals surface area contributed by atoms with Crippen molar-refractivity contribution in [2.24, 2.45) is 0 Å². The molecule has 0 fully saturated rings. The van der Waals surface area contributed by atoms with Gasteiger partial charge in [0.1, 0.15) is 16.3 Å². The van der Waals surface area contributed by atoms with Crippen molar-refractivity contribution in [3.05, 3.63) is 182 Å². The molecule has 3 nitrogen and oxygen atoms in total. The molecule has 9 rings (SSSR count).